The zero-order valence-electron chi connectivity index (χ0n) is 75.7. The molecule has 668 valence electrons. The number of carbonyl (C=O) groups is 6. The van der Waals surface area contributed by atoms with E-state index in [0.717, 1.165) is 234 Å². The molecule has 127 heavy (non-hydrogen) atoms. The summed E-state index contributed by atoms with van der Waals surface area (Å²) in [7, 11) is 7.96. The average molecular weight is 1730 g/mol. The molecule has 6 aromatic carbocycles. The smallest absolute Gasteiger partial charge is 0.411 e. The Labute approximate surface area is 746 Å². The van der Waals surface area contributed by atoms with Crippen LogP contribution in [0.2, 0.25) is 0 Å². The first-order chi connectivity index (χ1) is 61.5. The molecule has 0 unspecified atom stereocenters. The first-order valence-corrected chi connectivity index (χ1v) is 45.2. The molecule has 3 aromatic heterocycles. The van der Waals surface area contributed by atoms with Crippen molar-refractivity contribution >= 4 is 53.6 Å². The summed E-state index contributed by atoms with van der Waals surface area (Å²) in [5.74, 6) is 5.23. The summed E-state index contributed by atoms with van der Waals surface area (Å²) < 4.78 is 50.4. The molecule has 24 heteroatoms. The SMILES string of the molecule is CCOC(=O)CCc1ccc(OC)c(-c2ccc(N3CCC3)nc2CN2C(=O)O[C@H](c3cccc(C)c3)[C@@H]2C)c1.COC(=O)C1CCC(c2ccc(OC)c(-c3ccc(N4CCC4)nc3CN3C(=O)O[C@H](c4cc(C)cc(C)c4)[C@@H]3C)c2)CC1.COC(=O)C1CCC(c2ccc(OC)c(-c3ccc(N4CCC4)nc3CN3C(=O)O[C@H](c4cccc(C)c4)[C@@H]3C)c2)CC1. The number of anilines is 3. The van der Waals surface area contributed by atoms with Crippen LogP contribution in [-0.4, -0.2) is 165 Å². The van der Waals surface area contributed by atoms with Gasteiger partial charge in [-0.1, -0.05) is 107 Å². The van der Waals surface area contributed by atoms with Crippen LogP contribution < -0.4 is 28.9 Å². The normalized spacial score (nSPS) is 21.8. The maximum Gasteiger partial charge on any atom is 0.411 e. The second-order valence-corrected chi connectivity index (χ2v) is 35.2. The number of rotatable bonds is 26. The lowest BCUT2D eigenvalue weighted by Gasteiger charge is -2.33. The second kappa shape index (κ2) is 40.2. The summed E-state index contributed by atoms with van der Waals surface area (Å²) in [5.41, 5.74) is 19.0. The van der Waals surface area contributed by atoms with E-state index in [4.69, 9.17) is 57.6 Å². The Hall–Kier alpha value is -12.2. The molecule has 6 atom stereocenters. The van der Waals surface area contributed by atoms with Crippen LogP contribution in [0.15, 0.2) is 158 Å². The summed E-state index contributed by atoms with van der Waals surface area (Å²) in [6.07, 6.45) is 9.29. The molecule has 0 N–H and O–H groups in total. The maximum absolute atomic E-state index is 13.4. The van der Waals surface area contributed by atoms with E-state index in [0.29, 0.717) is 56.7 Å². The fourth-order valence-corrected chi connectivity index (χ4v) is 19.2. The largest absolute Gasteiger partial charge is 0.496 e. The number of aryl methyl sites for hydroxylation is 5. The highest BCUT2D eigenvalue weighted by atomic mass is 16.6. The van der Waals surface area contributed by atoms with Crippen LogP contribution in [0.1, 0.15) is 208 Å². The molecule has 0 spiro atoms. The van der Waals surface area contributed by atoms with E-state index < -0.39 is 0 Å². The molecule has 8 aliphatic rings. The van der Waals surface area contributed by atoms with Crippen molar-refractivity contribution in [1.82, 2.24) is 29.7 Å². The molecular weight excluding hydrogens is 1600 g/mol. The lowest BCUT2D eigenvalue weighted by atomic mass is 9.78. The van der Waals surface area contributed by atoms with Crippen molar-refractivity contribution in [3.05, 3.63) is 230 Å². The molecule has 6 saturated heterocycles. The topological polar surface area (TPSA) is 244 Å². The van der Waals surface area contributed by atoms with E-state index in [1.165, 1.54) is 25.3 Å². The van der Waals surface area contributed by atoms with Gasteiger partial charge in [-0.2, -0.15) is 0 Å². The number of carbonyl (C=O) groups excluding carboxylic acids is 6. The van der Waals surface area contributed by atoms with Crippen LogP contribution in [0, 0.1) is 39.5 Å². The monoisotopic (exact) mass is 1720 g/mol. The van der Waals surface area contributed by atoms with Crippen LogP contribution in [0.5, 0.6) is 17.2 Å². The van der Waals surface area contributed by atoms with Crippen molar-refractivity contribution in [2.75, 3.05) is 96.1 Å². The summed E-state index contributed by atoms with van der Waals surface area (Å²) in [6, 6.07) is 53.3. The first kappa shape index (κ1) is 89.6. The molecular formula is C103H121N9O15. The van der Waals surface area contributed by atoms with Gasteiger partial charge in [0.1, 0.15) is 53.0 Å². The number of nitrogens with zero attached hydrogens (tertiary/aromatic N) is 9. The minimum absolute atomic E-state index is 0.0188. The van der Waals surface area contributed by atoms with E-state index in [9.17, 15) is 28.8 Å². The third-order valence-corrected chi connectivity index (χ3v) is 26.8. The van der Waals surface area contributed by atoms with Gasteiger partial charge in [-0.05, 0) is 250 Å². The number of esters is 3. The number of methoxy groups -OCH3 is 5. The highest BCUT2D eigenvalue weighted by molar-refractivity contribution is 5.81. The van der Waals surface area contributed by atoms with Gasteiger partial charge in [-0.15, -0.1) is 0 Å². The summed E-state index contributed by atoms with van der Waals surface area (Å²) >= 11 is 0. The standard InChI is InChI=1S/C36H43N3O5.C35H41N3O5.C32H37N3O5/c1-22-17-23(2)19-28(18-22)34-24(3)39(36(41)44-34)21-31-29(12-14-33(37-31)38-15-6-16-38)30-20-27(11-13-32(30)42-4)25-7-9-26(10-8-25)35(40)43-5;1-22-7-5-8-27(19-22)33-23(2)38(35(40)43-33)21-30-28(14-16-32(36-30)37-17-6-18-37)29-20-26(13-15-31(29)41-3)24-9-11-25(12-10-24)34(39)42-4;1-5-39-30(36)15-11-23-10-13-28(38-4)26(19-23)25-12-14-29(34-16-7-17-34)33-27(25)20-35-22(3)31(40-32(35)37)24-9-6-8-21(2)18-24/h11-14,17-20,24-26,34H,6-10,15-16,21H2,1-5H3;5,7-8,13-16,19-20,23-25,33H,6,9-12,17-18,21H2,1-4H3;6,8-10,12-14,18-19,22,31H,5,7,11,15-17,20H2,1-4H3/t24-,25?,26?,34-;23-,24?,25?,33-;22-,31-/m000/s1. The van der Waals surface area contributed by atoms with Gasteiger partial charge in [-0.3, -0.25) is 29.1 Å². The first-order valence-electron chi connectivity index (χ1n) is 45.2. The average Bonchev–Trinajstić information content (AvgIpc) is 1.76. The highest BCUT2D eigenvalue weighted by Crippen LogP contribution is 2.47. The zero-order valence-corrected chi connectivity index (χ0v) is 75.7. The molecule has 2 saturated carbocycles. The van der Waals surface area contributed by atoms with E-state index in [1.807, 2.05) is 107 Å². The minimum Gasteiger partial charge on any atom is -0.496 e. The Morgan fingerprint density at radius 2 is 0.740 bits per heavy atom. The fourth-order valence-electron chi connectivity index (χ4n) is 19.2. The van der Waals surface area contributed by atoms with Crippen molar-refractivity contribution < 1.29 is 71.4 Å². The molecule has 6 aliphatic heterocycles. The van der Waals surface area contributed by atoms with Gasteiger partial charge in [0.25, 0.3) is 0 Å². The number of hydrogen-bond acceptors (Lipinski definition) is 21. The molecule has 0 bridgehead atoms. The van der Waals surface area contributed by atoms with Gasteiger partial charge in [0, 0.05) is 79.1 Å². The number of hydrogen-bond donors (Lipinski definition) is 0. The Morgan fingerprint density at radius 3 is 1.08 bits per heavy atom. The van der Waals surface area contributed by atoms with E-state index >= 15 is 0 Å². The molecule has 3 amide bonds. The van der Waals surface area contributed by atoms with Crippen LogP contribution in [0.25, 0.3) is 33.4 Å². The van der Waals surface area contributed by atoms with Gasteiger partial charge < -0.3 is 57.3 Å². The van der Waals surface area contributed by atoms with Crippen molar-refractivity contribution in [3.63, 3.8) is 0 Å². The third-order valence-electron chi connectivity index (χ3n) is 26.8. The lowest BCUT2D eigenvalue weighted by Crippen LogP contribution is -2.38. The van der Waals surface area contributed by atoms with E-state index in [1.54, 1.807) is 36.0 Å². The number of pyridine rings is 3. The Morgan fingerprint density at radius 1 is 0.386 bits per heavy atom. The summed E-state index contributed by atoms with van der Waals surface area (Å²) in [5, 5.41) is 0. The predicted octanol–water partition coefficient (Wildman–Crippen LogP) is 19.8. The zero-order chi connectivity index (χ0) is 89.3. The molecule has 9 aromatic rings. The molecule has 0 radical (unpaired) electrons. The summed E-state index contributed by atoms with van der Waals surface area (Å²) in [6.45, 7) is 23.3. The van der Waals surface area contributed by atoms with Gasteiger partial charge in [0.15, 0.2) is 0 Å². The number of benzene rings is 6. The van der Waals surface area contributed by atoms with Crippen LogP contribution in [-0.2, 0) is 68.9 Å². The van der Waals surface area contributed by atoms with Crippen LogP contribution in [0.4, 0.5) is 31.8 Å². The molecule has 9 heterocycles. The minimum atomic E-state index is -0.352. The molecule has 24 nitrogen and oxygen atoms in total. The van der Waals surface area contributed by atoms with Crippen molar-refractivity contribution in [2.45, 2.75) is 207 Å². The molecule has 8 fully saturated rings. The second-order valence-electron chi connectivity index (χ2n) is 35.2. The molecule has 17 rings (SSSR count). The number of amides is 3. The van der Waals surface area contributed by atoms with Crippen molar-refractivity contribution in [1.29, 1.82) is 0 Å². The van der Waals surface area contributed by atoms with E-state index in [-0.39, 0.29) is 84.5 Å². The van der Waals surface area contributed by atoms with Crippen molar-refractivity contribution in [3.8, 4) is 50.6 Å². The lowest BCUT2D eigenvalue weighted by molar-refractivity contribution is -0.147. The number of ether oxygens (including phenoxy) is 9. The predicted molar refractivity (Wildman–Crippen MR) is 489 cm³/mol. The van der Waals surface area contributed by atoms with Gasteiger partial charge in [0.05, 0.1) is 109 Å². The number of aromatic nitrogens is 3. The summed E-state index contributed by atoms with van der Waals surface area (Å²) in [4.78, 5) is 103. The van der Waals surface area contributed by atoms with Crippen LogP contribution >= 0.6 is 0 Å². The third kappa shape index (κ3) is 20.1. The van der Waals surface area contributed by atoms with E-state index in [2.05, 4.69) is 120 Å². The highest BCUT2D eigenvalue weighted by Gasteiger charge is 2.45. The Bertz CT molecular complexity index is 5460. The molecule has 2 aliphatic carbocycles. The number of cyclic esters (lactones) is 3. The quantitative estimate of drug-likeness (QED) is 0.0361. The van der Waals surface area contributed by atoms with Crippen LogP contribution in [0.3, 0.4) is 0 Å². The van der Waals surface area contributed by atoms with Crippen molar-refractivity contribution in [2.24, 2.45) is 11.8 Å². The Balaban J connectivity index is 0.000000147. The van der Waals surface area contributed by atoms with Gasteiger partial charge >= 0.3 is 36.2 Å². The Kier molecular flexibility index (Phi) is 28.4. The van der Waals surface area contributed by atoms with Gasteiger partial charge in [-0.25, -0.2) is 29.3 Å². The van der Waals surface area contributed by atoms with Gasteiger partial charge in [0.2, 0.25) is 0 Å². The maximum atomic E-state index is 13.4. The fraction of sp³-hybridized carbons (Fsp3) is 0.447.